The Labute approximate surface area is 141 Å². The van der Waals surface area contributed by atoms with Gasteiger partial charge in [-0.2, -0.15) is 0 Å². The normalized spacial score (nSPS) is 32.3. The number of aromatic nitrogens is 2. The van der Waals surface area contributed by atoms with Crippen molar-refractivity contribution in [3.8, 4) is 0 Å². The first-order valence-corrected chi connectivity index (χ1v) is 8.30. The SMILES string of the molecule is CN(C)C[C@H]1O[C@@H]2C[C@@H](CC(=O)NCc3nccn3C)O[C@@H]2[C@@H]1O. The van der Waals surface area contributed by atoms with E-state index < -0.39 is 6.10 Å². The lowest BCUT2D eigenvalue weighted by Crippen LogP contribution is -2.38. The maximum absolute atomic E-state index is 12.1. The van der Waals surface area contributed by atoms with E-state index in [4.69, 9.17) is 9.47 Å². The molecule has 1 aromatic heterocycles. The monoisotopic (exact) mass is 338 g/mol. The van der Waals surface area contributed by atoms with Gasteiger partial charge in [0.15, 0.2) is 0 Å². The molecule has 2 N–H and O–H groups in total. The quantitative estimate of drug-likeness (QED) is 0.711. The van der Waals surface area contributed by atoms with Gasteiger partial charge in [0.25, 0.3) is 0 Å². The minimum Gasteiger partial charge on any atom is -0.388 e. The Morgan fingerprint density at radius 1 is 1.50 bits per heavy atom. The maximum Gasteiger partial charge on any atom is 0.222 e. The number of nitrogens with one attached hydrogen (secondary N) is 1. The Hall–Kier alpha value is -1.48. The van der Waals surface area contributed by atoms with E-state index in [1.54, 1.807) is 6.20 Å². The second-order valence-corrected chi connectivity index (χ2v) is 6.86. The summed E-state index contributed by atoms with van der Waals surface area (Å²) in [5, 5.41) is 13.2. The molecule has 2 fully saturated rings. The van der Waals surface area contributed by atoms with Gasteiger partial charge in [-0.25, -0.2) is 4.98 Å². The Morgan fingerprint density at radius 2 is 2.29 bits per heavy atom. The third-order valence-corrected chi connectivity index (χ3v) is 4.60. The second-order valence-electron chi connectivity index (χ2n) is 6.86. The van der Waals surface area contributed by atoms with Gasteiger partial charge in [-0.15, -0.1) is 0 Å². The number of carbonyl (C=O) groups excluding carboxylic acids is 1. The molecule has 0 bridgehead atoms. The largest absolute Gasteiger partial charge is 0.388 e. The molecule has 0 aromatic carbocycles. The van der Waals surface area contributed by atoms with Crippen LogP contribution in [0.15, 0.2) is 12.4 Å². The van der Waals surface area contributed by atoms with Crippen LogP contribution in [0, 0.1) is 0 Å². The molecule has 3 heterocycles. The van der Waals surface area contributed by atoms with Gasteiger partial charge >= 0.3 is 0 Å². The Balaban J connectivity index is 1.44. The van der Waals surface area contributed by atoms with E-state index in [1.807, 2.05) is 36.8 Å². The number of rotatable bonds is 6. The molecule has 8 heteroatoms. The molecule has 0 spiro atoms. The van der Waals surface area contributed by atoms with Crippen LogP contribution in [-0.2, 0) is 27.9 Å². The van der Waals surface area contributed by atoms with Gasteiger partial charge < -0.3 is 29.4 Å². The summed E-state index contributed by atoms with van der Waals surface area (Å²) < 4.78 is 13.6. The summed E-state index contributed by atoms with van der Waals surface area (Å²) in [4.78, 5) is 18.2. The van der Waals surface area contributed by atoms with E-state index in [-0.39, 0.29) is 36.7 Å². The van der Waals surface area contributed by atoms with E-state index in [2.05, 4.69) is 10.3 Å². The van der Waals surface area contributed by atoms with Crippen molar-refractivity contribution in [3.05, 3.63) is 18.2 Å². The van der Waals surface area contributed by atoms with Gasteiger partial charge in [-0.3, -0.25) is 4.79 Å². The molecule has 5 atom stereocenters. The average Bonchev–Trinajstić information content (AvgIpc) is 3.15. The fraction of sp³-hybridized carbons (Fsp3) is 0.750. The van der Waals surface area contributed by atoms with E-state index in [0.717, 1.165) is 5.82 Å². The zero-order valence-electron chi connectivity index (χ0n) is 14.4. The van der Waals surface area contributed by atoms with Gasteiger partial charge in [0.2, 0.25) is 5.91 Å². The smallest absolute Gasteiger partial charge is 0.222 e. The number of hydrogen-bond donors (Lipinski definition) is 2. The van der Waals surface area contributed by atoms with Gasteiger partial charge in [-0.1, -0.05) is 0 Å². The number of aliphatic hydroxyl groups is 1. The lowest BCUT2D eigenvalue weighted by atomic mass is 10.1. The molecule has 134 valence electrons. The summed E-state index contributed by atoms with van der Waals surface area (Å²) in [7, 11) is 5.78. The molecule has 2 saturated heterocycles. The number of imidazole rings is 1. The zero-order chi connectivity index (χ0) is 17.3. The minimum absolute atomic E-state index is 0.0812. The highest BCUT2D eigenvalue weighted by atomic mass is 16.6. The first-order valence-electron chi connectivity index (χ1n) is 8.30. The molecule has 24 heavy (non-hydrogen) atoms. The van der Waals surface area contributed by atoms with Crippen molar-refractivity contribution in [3.63, 3.8) is 0 Å². The second kappa shape index (κ2) is 7.18. The standard InChI is InChI=1S/C16H26N4O4/c1-19(2)9-12-15(22)16-11(24-12)6-10(23-16)7-14(21)18-8-13-17-4-5-20(13)3/h4-5,10-12,15-16,22H,6-9H2,1-3H3,(H,18,21)/t10-,11+,12+,15+,16-/m0/s1. The molecular weight excluding hydrogens is 312 g/mol. The lowest BCUT2D eigenvalue weighted by molar-refractivity contribution is -0.125. The number of fused-ring (bicyclic) bond motifs is 1. The predicted molar refractivity (Wildman–Crippen MR) is 86.2 cm³/mol. The number of nitrogens with zero attached hydrogens (tertiary/aromatic N) is 3. The van der Waals surface area contributed by atoms with Crippen molar-refractivity contribution in [2.24, 2.45) is 7.05 Å². The molecular formula is C16H26N4O4. The summed E-state index contributed by atoms with van der Waals surface area (Å²) in [6, 6.07) is 0. The predicted octanol–water partition coefficient (Wildman–Crippen LogP) is -0.726. The highest BCUT2D eigenvalue weighted by Crippen LogP contribution is 2.35. The van der Waals surface area contributed by atoms with E-state index in [9.17, 15) is 9.90 Å². The van der Waals surface area contributed by atoms with E-state index in [1.165, 1.54) is 0 Å². The average molecular weight is 338 g/mol. The number of likely N-dealkylation sites (N-methyl/N-ethyl adjacent to an activating group) is 1. The number of amides is 1. The molecule has 0 radical (unpaired) electrons. The van der Waals surface area contributed by atoms with Gasteiger partial charge in [0.1, 0.15) is 18.0 Å². The van der Waals surface area contributed by atoms with Crippen LogP contribution in [0.2, 0.25) is 0 Å². The summed E-state index contributed by atoms with van der Waals surface area (Å²) in [5.41, 5.74) is 0. The van der Waals surface area contributed by atoms with Gasteiger partial charge in [-0.05, 0) is 14.1 Å². The number of hydrogen-bond acceptors (Lipinski definition) is 6. The molecule has 0 saturated carbocycles. The van der Waals surface area contributed by atoms with Crippen LogP contribution in [0.4, 0.5) is 0 Å². The highest BCUT2D eigenvalue weighted by molar-refractivity contribution is 5.76. The van der Waals surface area contributed by atoms with Gasteiger partial charge in [0.05, 0.1) is 31.3 Å². The number of aryl methyl sites for hydroxylation is 1. The first kappa shape index (κ1) is 17.3. The topological polar surface area (TPSA) is 88.9 Å². The molecule has 2 aliphatic rings. The highest BCUT2D eigenvalue weighted by Gasteiger charge is 2.50. The zero-order valence-corrected chi connectivity index (χ0v) is 14.4. The number of carbonyl (C=O) groups is 1. The molecule has 8 nitrogen and oxygen atoms in total. The first-order chi connectivity index (χ1) is 11.4. The van der Waals surface area contributed by atoms with Crippen molar-refractivity contribution in [2.45, 2.75) is 49.9 Å². The van der Waals surface area contributed by atoms with Gasteiger partial charge in [0, 0.05) is 32.4 Å². The minimum atomic E-state index is -0.641. The third-order valence-electron chi connectivity index (χ3n) is 4.60. The Kier molecular flexibility index (Phi) is 5.19. The Morgan fingerprint density at radius 3 is 2.92 bits per heavy atom. The van der Waals surface area contributed by atoms with Crippen molar-refractivity contribution < 1.29 is 19.4 Å². The summed E-state index contributed by atoms with van der Waals surface area (Å²) in [6.07, 6.45) is 2.91. The van der Waals surface area contributed by atoms with Crippen LogP contribution in [-0.4, -0.2) is 76.6 Å². The molecule has 0 aliphatic carbocycles. The van der Waals surface area contributed by atoms with Crippen LogP contribution in [0.3, 0.4) is 0 Å². The molecule has 3 rings (SSSR count). The maximum atomic E-state index is 12.1. The summed E-state index contributed by atoms with van der Waals surface area (Å²) in [6.45, 7) is 1.05. The van der Waals surface area contributed by atoms with Crippen LogP contribution in [0.1, 0.15) is 18.7 Å². The fourth-order valence-corrected chi connectivity index (χ4v) is 3.37. The van der Waals surface area contributed by atoms with Crippen LogP contribution in [0.25, 0.3) is 0 Å². The summed E-state index contributed by atoms with van der Waals surface area (Å²) >= 11 is 0. The fourth-order valence-electron chi connectivity index (χ4n) is 3.37. The van der Waals surface area contributed by atoms with Crippen LogP contribution in [0.5, 0.6) is 0 Å². The van der Waals surface area contributed by atoms with Crippen molar-refractivity contribution in [1.82, 2.24) is 19.8 Å². The summed E-state index contributed by atoms with van der Waals surface area (Å²) in [5.74, 6) is 0.722. The third kappa shape index (κ3) is 3.77. The lowest BCUT2D eigenvalue weighted by Gasteiger charge is -2.22. The van der Waals surface area contributed by atoms with Crippen LogP contribution >= 0.6 is 0 Å². The Bertz CT molecular complexity index is 576. The molecule has 0 unspecified atom stereocenters. The van der Waals surface area contributed by atoms with E-state index >= 15 is 0 Å². The number of ether oxygens (including phenoxy) is 2. The molecule has 1 aromatic rings. The van der Waals surface area contributed by atoms with Crippen LogP contribution < -0.4 is 5.32 Å². The molecule has 2 aliphatic heterocycles. The van der Waals surface area contributed by atoms with Crippen molar-refractivity contribution >= 4 is 5.91 Å². The van der Waals surface area contributed by atoms with E-state index in [0.29, 0.717) is 19.5 Å². The van der Waals surface area contributed by atoms with Crippen molar-refractivity contribution in [2.75, 3.05) is 20.6 Å². The molecule has 1 amide bonds. The number of aliphatic hydroxyl groups excluding tert-OH is 1. The van der Waals surface area contributed by atoms with Crippen molar-refractivity contribution in [1.29, 1.82) is 0 Å².